The summed E-state index contributed by atoms with van der Waals surface area (Å²) in [4.78, 5) is 8.36. The molecule has 2 heterocycles. The zero-order valence-corrected chi connectivity index (χ0v) is 10.4. The van der Waals surface area contributed by atoms with E-state index in [-0.39, 0.29) is 0 Å². The Morgan fingerprint density at radius 1 is 1.29 bits per heavy atom. The second-order valence-electron chi connectivity index (χ2n) is 4.35. The molecular formula is C12H21N5. The molecule has 0 bridgehead atoms. The first kappa shape index (κ1) is 12.1. The standard InChI is InChI=1S/C12H21N5/c1-2-13-11-7-12(17-9-16-11)15-8-10-5-3-4-6-14-10/h7,9-10,14H,2-6,8H2,1H3,(H2,13,15,16,17). The number of piperidine rings is 1. The Hall–Kier alpha value is -1.36. The van der Waals surface area contributed by atoms with Gasteiger partial charge in [-0.15, -0.1) is 0 Å². The minimum atomic E-state index is 0.571. The molecule has 5 heteroatoms. The summed E-state index contributed by atoms with van der Waals surface area (Å²) in [5.74, 6) is 1.77. The van der Waals surface area contributed by atoms with Gasteiger partial charge in [0.1, 0.15) is 18.0 Å². The van der Waals surface area contributed by atoms with Crippen LogP contribution in [0.4, 0.5) is 11.6 Å². The van der Waals surface area contributed by atoms with Crippen LogP contribution in [0, 0.1) is 0 Å². The molecule has 0 aromatic carbocycles. The van der Waals surface area contributed by atoms with E-state index in [2.05, 4.69) is 32.8 Å². The Morgan fingerprint density at radius 3 is 2.82 bits per heavy atom. The van der Waals surface area contributed by atoms with Crippen LogP contribution in [0.5, 0.6) is 0 Å². The van der Waals surface area contributed by atoms with Crippen molar-refractivity contribution in [2.24, 2.45) is 0 Å². The smallest absolute Gasteiger partial charge is 0.131 e. The largest absolute Gasteiger partial charge is 0.370 e. The molecule has 1 atom stereocenters. The van der Waals surface area contributed by atoms with Crippen molar-refractivity contribution < 1.29 is 0 Å². The van der Waals surface area contributed by atoms with Gasteiger partial charge in [-0.2, -0.15) is 0 Å². The SMILES string of the molecule is CCNc1cc(NCC2CCCCN2)ncn1. The van der Waals surface area contributed by atoms with Crippen LogP contribution in [-0.4, -0.2) is 35.6 Å². The van der Waals surface area contributed by atoms with Crippen molar-refractivity contribution >= 4 is 11.6 Å². The Labute approximate surface area is 102 Å². The van der Waals surface area contributed by atoms with Gasteiger partial charge in [-0.1, -0.05) is 6.42 Å². The summed E-state index contributed by atoms with van der Waals surface area (Å²) >= 11 is 0. The Bertz CT molecular complexity index is 335. The lowest BCUT2D eigenvalue weighted by atomic mass is 10.1. The van der Waals surface area contributed by atoms with Crippen molar-refractivity contribution in [1.29, 1.82) is 0 Å². The van der Waals surface area contributed by atoms with E-state index in [1.807, 2.05) is 6.07 Å². The fourth-order valence-corrected chi connectivity index (χ4v) is 2.06. The summed E-state index contributed by atoms with van der Waals surface area (Å²) in [6, 6.07) is 2.52. The second-order valence-corrected chi connectivity index (χ2v) is 4.35. The number of anilines is 2. The van der Waals surface area contributed by atoms with Crippen LogP contribution in [0.2, 0.25) is 0 Å². The fourth-order valence-electron chi connectivity index (χ4n) is 2.06. The van der Waals surface area contributed by atoms with E-state index in [9.17, 15) is 0 Å². The lowest BCUT2D eigenvalue weighted by Gasteiger charge is -2.23. The number of nitrogens with one attached hydrogen (secondary N) is 3. The summed E-state index contributed by atoms with van der Waals surface area (Å²) in [5.41, 5.74) is 0. The van der Waals surface area contributed by atoms with Crippen LogP contribution >= 0.6 is 0 Å². The molecule has 1 aliphatic heterocycles. The van der Waals surface area contributed by atoms with Crippen molar-refractivity contribution in [1.82, 2.24) is 15.3 Å². The van der Waals surface area contributed by atoms with E-state index in [4.69, 9.17) is 0 Å². The Balaban J connectivity index is 1.83. The number of nitrogens with zero attached hydrogens (tertiary/aromatic N) is 2. The van der Waals surface area contributed by atoms with Gasteiger partial charge >= 0.3 is 0 Å². The first-order chi connectivity index (χ1) is 8.38. The summed E-state index contributed by atoms with van der Waals surface area (Å²) in [5, 5.41) is 10.0. The average Bonchev–Trinajstić information content (AvgIpc) is 2.39. The number of hydrogen-bond donors (Lipinski definition) is 3. The van der Waals surface area contributed by atoms with E-state index in [1.165, 1.54) is 19.3 Å². The first-order valence-electron chi connectivity index (χ1n) is 6.41. The van der Waals surface area contributed by atoms with E-state index in [0.29, 0.717) is 6.04 Å². The summed E-state index contributed by atoms with van der Waals surface area (Å²) < 4.78 is 0. The van der Waals surface area contributed by atoms with Crippen molar-refractivity contribution in [2.45, 2.75) is 32.2 Å². The number of hydrogen-bond acceptors (Lipinski definition) is 5. The normalized spacial score (nSPS) is 19.9. The lowest BCUT2D eigenvalue weighted by molar-refractivity contribution is 0.414. The third kappa shape index (κ3) is 3.85. The molecule has 1 aliphatic rings. The highest BCUT2D eigenvalue weighted by Crippen LogP contribution is 2.10. The van der Waals surface area contributed by atoms with Gasteiger partial charge in [0.2, 0.25) is 0 Å². The molecule has 5 nitrogen and oxygen atoms in total. The number of aromatic nitrogens is 2. The molecule has 1 fully saturated rings. The maximum Gasteiger partial charge on any atom is 0.131 e. The van der Waals surface area contributed by atoms with Gasteiger partial charge in [0.25, 0.3) is 0 Å². The highest BCUT2D eigenvalue weighted by Gasteiger charge is 2.11. The van der Waals surface area contributed by atoms with Crippen LogP contribution in [0.1, 0.15) is 26.2 Å². The van der Waals surface area contributed by atoms with Gasteiger partial charge in [0, 0.05) is 25.2 Å². The number of rotatable bonds is 5. The van der Waals surface area contributed by atoms with Crippen molar-refractivity contribution in [3.8, 4) is 0 Å². The molecule has 1 aromatic rings. The van der Waals surface area contributed by atoms with E-state index in [1.54, 1.807) is 6.33 Å². The Kier molecular flexibility index (Phi) is 4.55. The minimum absolute atomic E-state index is 0.571. The second kappa shape index (κ2) is 6.39. The molecule has 1 saturated heterocycles. The van der Waals surface area contributed by atoms with Crippen LogP contribution in [0.3, 0.4) is 0 Å². The van der Waals surface area contributed by atoms with Crippen molar-refractivity contribution in [2.75, 3.05) is 30.3 Å². The summed E-state index contributed by atoms with van der Waals surface area (Å²) in [6.07, 6.45) is 5.47. The zero-order valence-electron chi connectivity index (χ0n) is 10.4. The van der Waals surface area contributed by atoms with E-state index in [0.717, 1.165) is 31.3 Å². The topological polar surface area (TPSA) is 61.9 Å². The third-order valence-corrected chi connectivity index (χ3v) is 2.97. The molecule has 0 radical (unpaired) electrons. The van der Waals surface area contributed by atoms with Gasteiger partial charge in [-0.05, 0) is 26.3 Å². The average molecular weight is 235 g/mol. The molecule has 17 heavy (non-hydrogen) atoms. The monoisotopic (exact) mass is 235 g/mol. The van der Waals surface area contributed by atoms with Gasteiger partial charge in [0.15, 0.2) is 0 Å². The molecular weight excluding hydrogens is 214 g/mol. The fraction of sp³-hybridized carbons (Fsp3) is 0.667. The maximum absolute atomic E-state index is 4.22. The summed E-state index contributed by atoms with van der Waals surface area (Å²) in [6.45, 7) is 5.00. The quantitative estimate of drug-likeness (QED) is 0.721. The minimum Gasteiger partial charge on any atom is -0.370 e. The molecule has 3 N–H and O–H groups in total. The predicted octanol–water partition coefficient (Wildman–Crippen LogP) is 1.46. The molecule has 0 amide bonds. The Morgan fingerprint density at radius 2 is 2.12 bits per heavy atom. The molecule has 0 saturated carbocycles. The van der Waals surface area contributed by atoms with Crippen LogP contribution in [0.25, 0.3) is 0 Å². The summed E-state index contributed by atoms with van der Waals surface area (Å²) in [7, 11) is 0. The van der Waals surface area contributed by atoms with Gasteiger partial charge < -0.3 is 16.0 Å². The molecule has 2 rings (SSSR count). The molecule has 1 aromatic heterocycles. The molecule has 94 valence electrons. The molecule has 0 spiro atoms. The highest BCUT2D eigenvalue weighted by atomic mass is 15.1. The predicted molar refractivity (Wildman–Crippen MR) is 70.3 cm³/mol. The highest BCUT2D eigenvalue weighted by molar-refractivity contribution is 5.46. The zero-order chi connectivity index (χ0) is 11.9. The van der Waals surface area contributed by atoms with Gasteiger partial charge in [-0.3, -0.25) is 0 Å². The van der Waals surface area contributed by atoms with E-state index < -0.39 is 0 Å². The molecule has 0 aliphatic carbocycles. The van der Waals surface area contributed by atoms with Crippen LogP contribution in [-0.2, 0) is 0 Å². The molecule has 1 unspecified atom stereocenters. The van der Waals surface area contributed by atoms with Gasteiger partial charge in [-0.25, -0.2) is 9.97 Å². The van der Waals surface area contributed by atoms with E-state index >= 15 is 0 Å². The first-order valence-corrected chi connectivity index (χ1v) is 6.41. The van der Waals surface area contributed by atoms with Crippen LogP contribution < -0.4 is 16.0 Å². The van der Waals surface area contributed by atoms with Gasteiger partial charge in [0.05, 0.1) is 0 Å². The van der Waals surface area contributed by atoms with Crippen LogP contribution in [0.15, 0.2) is 12.4 Å². The third-order valence-electron chi connectivity index (χ3n) is 2.97. The van der Waals surface area contributed by atoms with Crippen molar-refractivity contribution in [3.05, 3.63) is 12.4 Å². The lowest BCUT2D eigenvalue weighted by Crippen LogP contribution is -2.39. The maximum atomic E-state index is 4.22. The van der Waals surface area contributed by atoms with Crippen molar-refractivity contribution in [3.63, 3.8) is 0 Å².